The number of amides is 1. The van der Waals surface area contributed by atoms with Crippen LogP contribution in [0, 0.1) is 0 Å². The van der Waals surface area contributed by atoms with Crippen molar-refractivity contribution in [1.29, 1.82) is 0 Å². The van der Waals surface area contributed by atoms with E-state index in [0.29, 0.717) is 0 Å². The number of thioether (sulfide) groups is 1. The topological polar surface area (TPSA) is 35.6 Å². The average molecular weight is 334 g/mol. The molecule has 4 nitrogen and oxygen atoms in total. The van der Waals surface area contributed by atoms with Crippen LogP contribution in [0.1, 0.15) is 25.3 Å². The molecule has 1 N–H and O–H groups in total. The molecule has 5 heteroatoms. The molecule has 1 amide bonds. The zero-order valence-electron chi connectivity index (χ0n) is 14.0. The Morgan fingerprint density at radius 3 is 2.48 bits per heavy atom. The monoisotopic (exact) mass is 333 g/mol. The maximum absolute atomic E-state index is 12.1. The molecule has 2 saturated heterocycles. The van der Waals surface area contributed by atoms with Gasteiger partial charge in [0, 0.05) is 38.4 Å². The Morgan fingerprint density at radius 2 is 1.87 bits per heavy atom. The minimum atomic E-state index is 0.143. The summed E-state index contributed by atoms with van der Waals surface area (Å²) in [6.07, 6.45) is 2.17. The van der Waals surface area contributed by atoms with Gasteiger partial charge in [0.2, 0.25) is 5.91 Å². The number of nitrogens with zero attached hydrogens (tertiary/aromatic N) is 2. The maximum Gasteiger partial charge on any atom is 0.237 e. The minimum Gasteiger partial charge on any atom is -0.325 e. The number of hydrogen-bond acceptors (Lipinski definition) is 4. The summed E-state index contributed by atoms with van der Waals surface area (Å²) in [7, 11) is 0. The Hall–Kier alpha value is -1.04. The van der Waals surface area contributed by atoms with Gasteiger partial charge in [0.05, 0.1) is 5.25 Å². The van der Waals surface area contributed by atoms with Crippen LogP contribution in [0.15, 0.2) is 24.3 Å². The third-order valence-corrected chi connectivity index (χ3v) is 6.14. The van der Waals surface area contributed by atoms with Crippen molar-refractivity contribution in [3.8, 4) is 0 Å². The van der Waals surface area contributed by atoms with Gasteiger partial charge in [-0.15, -0.1) is 11.8 Å². The highest BCUT2D eigenvalue weighted by atomic mass is 32.2. The molecule has 0 aliphatic carbocycles. The fourth-order valence-corrected chi connectivity index (χ4v) is 4.38. The Labute approximate surface area is 143 Å². The third kappa shape index (κ3) is 4.72. The zero-order valence-corrected chi connectivity index (χ0v) is 14.8. The van der Waals surface area contributed by atoms with Crippen LogP contribution in [0.25, 0.3) is 0 Å². The number of benzene rings is 1. The smallest absolute Gasteiger partial charge is 0.237 e. The Morgan fingerprint density at radius 1 is 1.17 bits per heavy atom. The van der Waals surface area contributed by atoms with E-state index in [9.17, 15) is 4.79 Å². The largest absolute Gasteiger partial charge is 0.325 e. The van der Waals surface area contributed by atoms with E-state index in [4.69, 9.17) is 0 Å². The molecule has 3 rings (SSSR count). The number of anilines is 1. The lowest BCUT2D eigenvalue weighted by Crippen LogP contribution is -2.45. The highest BCUT2D eigenvalue weighted by Crippen LogP contribution is 2.27. The van der Waals surface area contributed by atoms with Crippen LogP contribution in [0.3, 0.4) is 0 Å². The maximum atomic E-state index is 12.1. The number of likely N-dealkylation sites (N-methyl/N-ethyl adjacent to an activating group) is 1. The molecule has 2 aliphatic heterocycles. The Bertz CT molecular complexity index is 506. The van der Waals surface area contributed by atoms with E-state index in [2.05, 4.69) is 34.2 Å². The SMILES string of the molecule is CCN1CCN(Cc2ccc(NC(=O)C3CCCS3)cc2)CC1. The molecular weight excluding hydrogens is 306 g/mol. The summed E-state index contributed by atoms with van der Waals surface area (Å²) in [5.74, 6) is 1.28. The lowest BCUT2D eigenvalue weighted by molar-refractivity contribution is -0.115. The first kappa shape index (κ1) is 16.8. The molecule has 0 saturated carbocycles. The van der Waals surface area contributed by atoms with E-state index in [1.54, 1.807) is 11.8 Å². The van der Waals surface area contributed by atoms with E-state index < -0.39 is 0 Å². The van der Waals surface area contributed by atoms with E-state index >= 15 is 0 Å². The lowest BCUT2D eigenvalue weighted by atomic mass is 10.1. The van der Waals surface area contributed by atoms with Gasteiger partial charge in [0.1, 0.15) is 0 Å². The van der Waals surface area contributed by atoms with Crippen LogP contribution >= 0.6 is 11.8 Å². The molecule has 1 aromatic carbocycles. The summed E-state index contributed by atoms with van der Waals surface area (Å²) in [4.78, 5) is 17.1. The number of nitrogens with one attached hydrogen (secondary N) is 1. The molecular formula is C18H27N3OS. The van der Waals surface area contributed by atoms with Gasteiger partial charge in [-0.25, -0.2) is 0 Å². The molecule has 0 radical (unpaired) electrons. The van der Waals surface area contributed by atoms with Crippen LogP contribution in [-0.2, 0) is 11.3 Å². The van der Waals surface area contributed by atoms with E-state index in [0.717, 1.165) is 50.5 Å². The predicted octanol–water partition coefficient (Wildman–Crippen LogP) is 2.66. The van der Waals surface area contributed by atoms with Crippen LogP contribution in [0.2, 0.25) is 0 Å². The third-order valence-electron chi connectivity index (χ3n) is 4.76. The highest BCUT2D eigenvalue weighted by molar-refractivity contribution is 8.00. The van der Waals surface area contributed by atoms with Crippen LogP contribution in [0.4, 0.5) is 5.69 Å². The molecule has 1 unspecified atom stereocenters. The van der Waals surface area contributed by atoms with Crippen molar-refractivity contribution in [3.63, 3.8) is 0 Å². The molecule has 1 aromatic rings. The standard InChI is InChI=1S/C18H27N3OS/c1-2-20-9-11-21(12-10-20)14-15-5-7-16(8-6-15)19-18(22)17-4-3-13-23-17/h5-8,17H,2-4,9-14H2,1H3,(H,19,22). The molecule has 23 heavy (non-hydrogen) atoms. The lowest BCUT2D eigenvalue weighted by Gasteiger charge is -2.34. The molecule has 0 bridgehead atoms. The van der Waals surface area contributed by atoms with Gasteiger partial charge in [-0.2, -0.15) is 0 Å². The normalized spacial score (nSPS) is 23.1. The predicted molar refractivity (Wildman–Crippen MR) is 97.9 cm³/mol. The highest BCUT2D eigenvalue weighted by Gasteiger charge is 2.23. The number of carbonyl (C=O) groups excluding carboxylic acids is 1. The molecule has 126 valence electrons. The number of piperazine rings is 1. The summed E-state index contributed by atoms with van der Waals surface area (Å²) in [6.45, 7) is 9.02. The molecule has 2 heterocycles. The second-order valence-corrected chi connectivity index (χ2v) is 7.71. The van der Waals surface area contributed by atoms with E-state index in [1.165, 1.54) is 18.7 Å². The van der Waals surface area contributed by atoms with Gasteiger partial charge in [-0.05, 0) is 42.8 Å². The molecule has 0 spiro atoms. The molecule has 1 atom stereocenters. The van der Waals surface area contributed by atoms with Crippen molar-refractivity contribution in [2.24, 2.45) is 0 Å². The van der Waals surface area contributed by atoms with Crippen LogP contribution in [0.5, 0.6) is 0 Å². The number of rotatable bonds is 5. The van der Waals surface area contributed by atoms with Gasteiger partial charge in [-0.3, -0.25) is 9.69 Å². The van der Waals surface area contributed by atoms with Crippen molar-refractivity contribution in [1.82, 2.24) is 9.80 Å². The summed E-state index contributed by atoms with van der Waals surface area (Å²) in [5, 5.41) is 3.19. The first-order chi connectivity index (χ1) is 11.2. The molecule has 0 aromatic heterocycles. The number of carbonyl (C=O) groups is 1. The van der Waals surface area contributed by atoms with Gasteiger partial charge in [0.25, 0.3) is 0 Å². The molecule has 2 aliphatic rings. The van der Waals surface area contributed by atoms with Crippen molar-refractivity contribution in [2.75, 3.05) is 43.8 Å². The van der Waals surface area contributed by atoms with Crippen molar-refractivity contribution in [3.05, 3.63) is 29.8 Å². The van der Waals surface area contributed by atoms with Gasteiger partial charge in [-0.1, -0.05) is 19.1 Å². The van der Waals surface area contributed by atoms with E-state index in [-0.39, 0.29) is 11.2 Å². The fourth-order valence-electron chi connectivity index (χ4n) is 3.22. The Kier molecular flexibility index (Phi) is 5.97. The first-order valence-corrected chi connectivity index (χ1v) is 9.75. The summed E-state index contributed by atoms with van der Waals surface area (Å²) < 4.78 is 0. The van der Waals surface area contributed by atoms with Gasteiger partial charge < -0.3 is 10.2 Å². The first-order valence-electron chi connectivity index (χ1n) is 8.70. The van der Waals surface area contributed by atoms with Crippen molar-refractivity contribution >= 4 is 23.4 Å². The van der Waals surface area contributed by atoms with Crippen molar-refractivity contribution in [2.45, 2.75) is 31.6 Å². The zero-order chi connectivity index (χ0) is 16.1. The fraction of sp³-hybridized carbons (Fsp3) is 0.611. The quantitative estimate of drug-likeness (QED) is 0.899. The van der Waals surface area contributed by atoms with Crippen LogP contribution < -0.4 is 5.32 Å². The summed E-state index contributed by atoms with van der Waals surface area (Å²) in [5.41, 5.74) is 2.24. The Balaban J connectivity index is 1.48. The number of hydrogen-bond donors (Lipinski definition) is 1. The van der Waals surface area contributed by atoms with Crippen molar-refractivity contribution < 1.29 is 4.79 Å². The molecule has 2 fully saturated rings. The van der Waals surface area contributed by atoms with Crippen LogP contribution in [-0.4, -0.2) is 59.4 Å². The summed E-state index contributed by atoms with van der Waals surface area (Å²) in [6, 6.07) is 8.36. The second kappa shape index (κ2) is 8.18. The summed E-state index contributed by atoms with van der Waals surface area (Å²) >= 11 is 1.78. The van der Waals surface area contributed by atoms with Gasteiger partial charge in [0.15, 0.2) is 0 Å². The van der Waals surface area contributed by atoms with Gasteiger partial charge >= 0.3 is 0 Å². The van der Waals surface area contributed by atoms with E-state index in [1.807, 2.05) is 12.1 Å². The second-order valence-electron chi connectivity index (χ2n) is 6.40. The average Bonchev–Trinajstić information content (AvgIpc) is 3.12. The minimum absolute atomic E-state index is 0.143.